The van der Waals surface area contributed by atoms with Gasteiger partial charge in [0, 0.05) is 38.2 Å². The highest BCUT2D eigenvalue weighted by Crippen LogP contribution is 2.40. The zero-order chi connectivity index (χ0) is 26.8. The van der Waals surface area contributed by atoms with Gasteiger partial charge in [0.25, 0.3) is 5.56 Å². The lowest BCUT2D eigenvalue weighted by Crippen LogP contribution is -2.51. The molecule has 1 saturated carbocycles. The van der Waals surface area contributed by atoms with E-state index in [0.717, 1.165) is 18.9 Å². The van der Waals surface area contributed by atoms with Gasteiger partial charge in [-0.1, -0.05) is 6.42 Å². The van der Waals surface area contributed by atoms with E-state index >= 15 is 0 Å². The molecule has 0 spiro atoms. The van der Waals surface area contributed by atoms with E-state index in [-0.39, 0.29) is 36.8 Å². The maximum absolute atomic E-state index is 13.1. The number of rotatable bonds is 7. The molecule has 2 unspecified atom stereocenters. The van der Waals surface area contributed by atoms with Crippen molar-refractivity contribution in [2.75, 3.05) is 44.3 Å². The lowest BCUT2D eigenvalue weighted by Gasteiger charge is -2.34. The molecule has 2 aliphatic rings. The van der Waals surface area contributed by atoms with Crippen molar-refractivity contribution in [3.8, 4) is 0 Å². The fraction of sp³-hybridized carbons (Fsp3) is 0.565. The molecule has 1 aliphatic carbocycles. The van der Waals surface area contributed by atoms with Crippen molar-refractivity contribution < 1.29 is 35.9 Å². The van der Waals surface area contributed by atoms with Crippen LogP contribution in [0, 0.1) is 5.92 Å². The summed E-state index contributed by atoms with van der Waals surface area (Å²) in [5.41, 5.74) is -2.92. The largest absolute Gasteiger partial charge is 0.421 e. The predicted octanol–water partition coefficient (Wildman–Crippen LogP) is 3.45. The van der Waals surface area contributed by atoms with Crippen molar-refractivity contribution in [2.45, 2.75) is 37.5 Å². The quantitative estimate of drug-likeness (QED) is 0.433. The summed E-state index contributed by atoms with van der Waals surface area (Å²) in [5.74, 6) is -0.395. The molecule has 0 bridgehead atoms. The Morgan fingerprint density at radius 2 is 1.76 bits per heavy atom. The highest BCUT2D eigenvalue weighted by atomic mass is 19.4. The fourth-order valence-electron chi connectivity index (χ4n) is 4.76. The zero-order valence-corrected chi connectivity index (χ0v) is 19.6. The molecule has 37 heavy (non-hydrogen) atoms. The number of nitrogens with one attached hydrogen (secondary N) is 1. The van der Waals surface area contributed by atoms with E-state index in [2.05, 4.69) is 15.0 Å². The van der Waals surface area contributed by atoms with Gasteiger partial charge in [0.1, 0.15) is 5.56 Å². The number of aromatic amines is 1. The molecular weight excluding hydrogens is 508 g/mol. The normalized spacial score (nSPS) is 21.1. The molecule has 3 heterocycles. The van der Waals surface area contributed by atoms with Crippen LogP contribution in [0.15, 0.2) is 29.5 Å². The van der Waals surface area contributed by atoms with Crippen LogP contribution in [-0.2, 0) is 21.9 Å². The molecular formula is C23H25F6N5O3. The molecule has 8 nitrogen and oxygen atoms in total. The van der Waals surface area contributed by atoms with Crippen LogP contribution in [-0.4, -0.2) is 65.2 Å². The highest BCUT2D eigenvalue weighted by Gasteiger charge is 2.36. The number of ether oxygens (including phenoxy) is 1. The lowest BCUT2D eigenvalue weighted by atomic mass is 9.90. The number of pyridine rings is 1. The van der Waals surface area contributed by atoms with Gasteiger partial charge < -0.3 is 19.5 Å². The average molecular weight is 533 g/mol. The van der Waals surface area contributed by atoms with Crippen LogP contribution in [0.1, 0.15) is 41.9 Å². The van der Waals surface area contributed by atoms with Gasteiger partial charge in [-0.15, -0.1) is 0 Å². The molecule has 2 atom stereocenters. The SMILES string of the molecule is O=C1CN(c2ncc(C(F)(F)F)cn2)CCN1CCOCC1CCCC1c1c[nH]c(=O)c(C(F)(F)F)c1. The first kappa shape index (κ1) is 26.9. The first-order chi connectivity index (χ1) is 17.4. The number of nitrogens with zero attached hydrogens (tertiary/aromatic N) is 4. The van der Waals surface area contributed by atoms with Gasteiger partial charge in [0.2, 0.25) is 11.9 Å². The van der Waals surface area contributed by atoms with Crippen LogP contribution >= 0.6 is 0 Å². The van der Waals surface area contributed by atoms with Crippen molar-refractivity contribution in [3.05, 3.63) is 51.7 Å². The Kier molecular flexibility index (Phi) is 7.76. The van der Waals surface area contributed by atoms with Crippen LogP contribution in [0.2, 0.25) is 0 Å². The van der Waals surface area contributed by atoms with Crippen LogP contribution in [0.3, 0.4) is 0 Å². The van der Waals surface area contributed by atoms with Crippen molar-refractivity contribution in [3.63, 3.8) is 0 Å². The van der Waals surface area contributed by atoms with E-state index in [1.54, 1.807) is 4.90 Å². The summed E-state index contributed by atoms with van der Waals surface area (Å²) in [6.45, 7) is 1.41. The molecule has 202 valence electrons. The Labute approximate surface area is 207 Å². The van der Waals surface area contributed by atoms with E-state index in [0.29, 0.717) is 50.6 Å². The van der Waals surface area contributed by atoms with Gasteiger partial charge in [0.05, 0.1) is 25.3 Å². The third-order valence-electron chi connectivity index (χ3n) is 6.72. The van der Waals surface area contributed by atoms with Gasteiger partial charge in [-0.2, -0.15) is 26.3 Å². The van der Waals surface area contributed by atoms with Gasteiger partial charge in [0.15, 0.2) is 0 Å². The molecule has 2 aromatic rings. The number of aromatic nitrogens is 3. The Hall–Kier alpha value is -3.16. The molecule has 1 N–H and O–H groups in total. The lowest BCUT2D eigenvalue weighted by molar-refractivity contribution is -0.139. The second-order valence-corrected chi connectivity index (χ2v) is 9.12. The molecule has 2 fully saturated rings. The van der Waals surface area contributed by atoms with E-state index in [9.17, 15) is 35.9 Å². The molecule has 0 aromatic carbocycles. The van der Waals surface area contributed by atoms with E-state index in [4.69, 9.17) is 4.74 Å². The number of hydrogen-bond donors (Lipinski definition) is 1. The van der Waals surface area contributed by atoms with Gasteiger partial charge >= 0.3 is 12.4 Å². The van der Waals surface area contributed by atoms with E-state index in [1.807, 2.05) is 0 Å². The van der Waals surface area contributed by atoms with Crippen molar-refractivity contribution in [1.29, 1.82) is 0 Å². The molecule has 1 amide bonds. The average Bonchev–Trinajstić information content (AvgIpc) is 3.30. The minimum Gasteiger partial charge on any atom is -0.379 e. The summed E-state index contributed by atoms with van der Waals surface area (Å²) in [6.07, 6.45) is -4.30. The highest BCUT2D eigenvalue weighted by molar-refractivity contribution is 5.82. The van der Waals surface area contributed by atoms with Crippen molar-refractivity contribution >= 4 is 11.9 Å². The monoisotopic (exact) mass is 533 g/mol. The fourth-order valence-corrected chi connectivity index (χ4v) is 4.76. The van der Waals surface area contributed by atoms with Crippen molar-refractivity contribution in [1.82, 2.24) is 19.9 Å². The molecule has 4 rings (SSSR count). The maximum Gasteiger partial charge on any atom is 0.421 e. The number of carbonyl (C=O) groups is 1. The van der Waals surface area contributed by atoms with Crippen molar-refractivity contribution in [2.24, 2.45) is 5.92 Å². The topological polar surface area (TPSA) is 91.4 Å². The van der Waals surface area contributed by atoms with Crippen LogP contribution in [0.4, 0.5) is 32.3 Å². The number of halogens is 6. The molecule has 1 aliphatic heterocycles. The van der Waals surface area contributed by atoms with Crippen LogP contribution in [0.25, 0.3) is 0 Å². The molecule has 1 saturated heterocycles. The van der Waals surface area contributed by atoms with Crippen LogP contribution < -0.4 is 10.5 Å². The smallest absolute Gasteiger partial charge is 0.379 e. The van der Waals surface area contributed by atoms with E-state index < -0.39 is 29.0 Å². The summed E-state index contributed by atoms with van der Waals surface area (Å²) in [5, 5.41) is 0. The summed E-state index contributed by atoms with van der Waals surface area (Å²) >= 11 is 0. The number of H-pyrrole nitrogens is 1. The Balaban J connectivity index is 1.25. The Bertz CT molecular complexity index is 1150. The number of amides is 1. The van der Waals surface area contributed by atoms with Gasteiger partial charge in [-0.25, -0.2) is 9.97 Å². The van der Waals surface area contributed by atoms with Gasteiger partial charge in [-0.05, 0) is 36.3 Å². The number of alkyl halides is 6. The summed E-state index contributed by atoms with van der Waals surface area (Å²) < 4.78 is 83.2. The molecule has 0 radical (unpaired) electrons. The first-order valence-corrected chi connectivity index (χ1v) is 11.7. The number of anilines is 1. The summed E-state index contributed by atoms with van der Waals surface area (Å²) in [6, 6.07) is 0.917. The van der Waals surface area contributed by atoms with Gasteiger partial charge in [-0.3, -0.25) is 9.59 Å². The second kappa shape index (κ2) is 10.7. The van der Waals surface area contributed by atoms with E-state index in [1.165, 1.54) is 11.1 Å². The zero-order valence-electron chi connectivity index (χ0n) is 19.6. The maximum atomic E-state index is 13.1. The second-order valence-electron chi connectivity index (χ2n) is 9.12. The summed E-state index contributed by atoms with van der Waals surface area (Å²) in [4.78, 5) is 36.8. The minimum absolute atomic E-state index is 0.0173. The summed E-state index contributed by atoms with van der Waals surface area (Å²) in [7, 11) is 0. The number of hydrogen-bond acceptors (Lipinski definition) is 6. The Morgan fingerprint density at radius 1 is 1.03 bits per heavy atom. The van der Waals surface area contributed by atoms with Crippen LogP contribution in [0.5, 0.6) is 0 Å². The minimum atomic E-state index is -4.73. The molecule has 14 heteroatoms. The predicted molar refractivity (Wildman–Crippen MR) is 119 cm³/mol. The number of carbonyl (C=O) groups excluding carboxylic acids is 1. The number of piperazine rings is 1. The first-order valence-electron chi connectivity index (χ1n) is 11.7. The third kappa shape index (κ3) is 6.40. The molecule has 2 aromatic heterocycles. The Morgan fingerprint density at radius 3 is 2.41 bits per heavy atom. The standard InChI is InChI=1S/C23H25F6N5O3/c24-22(25,26)16-10-31-21(32-11-16)34-5-4-33(19(35)12-34)6-7-37-13-14-2-1-3-17(14)15-8-18(23(27,28)29)20(36)30-9-15/h8-11,14,17H,1-7,12-13H2,(H,30,36). The third-order valence-corrected chi connectivity index (χ3v) is 6.72.